The topological polar surface area (TPSA) is 46.4 Å². The second-order valence-electron chi connectivity index (χ2n) is 2.84. The van der Waals surface area contributed by atoms with E-state index in [2.05, 4.69) is 5.92 Å². The first-order chi connectivity index (χ1) is 6.65. The van der Waals surface area contributed by atoms with Gasteiger partial charge in [-0.2, -0.15) is 0 Å². The van der Waals surface area contributed by atoms with Gasteiger partial charge in [-0.15, -0.1) is 6.42 Å². The van der Waals surface area contributed by atoms with Crippen LogP contribution in [0.3, 0.4) is 0 Å². The Labute approximate surface area is 82.3 Å². The minimum absolute atomic E-state index is 0.0753. The van der Waals surface area contributed by atoms with Gasteiger partial charge >= 0.3 is 0 Å². The second kappa shape index (κ2) is 4.28. The zero-order chi connectivity index (χ0) is 10.6. The predicted molar refractivity (Wildman–Crippen MR) is 55.2 cm³/mol. The lowest BCUT2D eigenvalue weighted by Gasteiger charge is -2.15. The molecule has 72 valence electrons. The van der Waals surface area contributed by atoms with Crippen molar-refractivity contribution in [2.45, 2.75) is 0 Å². The van der Waals surface area contributed by atoms with Crippen molar-refractivity contribution in [3.63, 3.8) is 0 Å². The van der Waals surface area contributed by atoms with Gasteiger partial charge in [0.05, 0.1) is 11.5 Å². The standard InChI is InChI=1S/C10H10N2O2/c1-3-7-11(2)9-5-4-6-10(8-9)12(13)14/h1,4-6,8H,7H2,2H3. The molecule has 0 amide bonds. The Morgan fingerprint density at radius 1 is 1.64 bits per heavy atom. The summed E-state index contributed by atoms with van der Waals surface area (Å²) in [5.74, 6) is 2.47. The van der Waals surface area contributed by atoms with Gasteiger partial charge in [0.15, 0.2) is 0 Å². The first-order valence-electron chi connectivity index (χ1n) is 4.04. The molecule has 0 N–H and O–H groups in total. The van der Waals surface area contributed by atoms with Gasteiger partial charge in [0.1, 0.15) is 0 Å². The average Bonchev–Trinajstić information content (AvgIpc) is 2.18. The minimum atomic E-state index is -0.423. The van der Waals surface area contributed by atoms with Crippen LogP contribution in [0.25, 0.3) is 0 Å². The first kappa shape index (κ1) is 10.1. The Bertz CT molecular complexity index is 382. The van der Waals surface area contributed by atoms with E-state index in [0.29, 0.717) is 6.54 Å². The molecule has 1 aromatic rings. The predicted octanol–water partition coefficient (Wildman–Crippen LogP) is 1.66. The Kier molecular flexibility index (Phi) is 3.08. The van der Waals surface area contributed by atoms with Gasteiger partial charge in [-0.05, 0) is 6.07 Å². The summed E-state index contributed by atoms with van der Waals surface area (Å²) >= 11 is 0. The number of nitro benzene ring substituents is 1. The number of hydrogen-bond acceptors (Lipinski definition) is 3. The molecule has 0 aromatic heterocycles. The average molecular weight is 190 g/mol. The van der Waals surface area contributed by atoms with E-state index < -0.39 is 4.92 Å². The first-order valence-corrected chi connectivity index (χ1v) is 4.04. The van der Waals surface area contributed by atoms with E-state index in [1.165, 1.54) is 12.1 Å². The zero-order valence-corrected chi connectivity index (χ0v) is 7.80. The molecule has 1 aromatic carbocycles. The van der Waals surface area contributed by atoms with Crippen molar-refractivity contribution in [1.29, 1.82) is 0 Å². The number of rotatable bonds is 3. The Morgan fingerprint density at radius 2 is 2.36 bits per heavy atom. The molecule has 0 unspecified atom stereocenters. The Hall–Kier alpha value is -2.02. The van der Waals surface area contributed by atoms with E-state index in [4.69, 9.17) is 6.42 Å². The Balaban J connectivity index is 2.94. The minimum Gasteiger partial charge on any atom is -0.363 e. The number of nitrogens with zero attached hydrogens (tertiary/aromatic N) is 2. The third-order valence-electron chi connectivity index (χ3n) is 1.81. The van der Waals surface area contributed by atoms with E-state index >= 15 is 0 Å². The lowest BCUT2D eigenvalue weighted by Crippen LogP contribution is -2.16. The van der Waals surface area contributed by atoms with E-state index in [1.807, 2.05) is 0 Å². The van der Waals surface area contributed by atoms with Crippen LogP contribution in [-0.2, 0) is 0 Å². The fourth-order valence-electron chi connectivity index (χ4n) is 1.07. The van der Waals surface area contributed by atoms with Crippen molar-refractivity contribution >= 4 is 11.4 Å². The van der Waals surface area contributed by atoms with Crippen molar-refractivity contribution in [3.8, 4) is 12.3 Å². The normalized spacial score (nSPS) is 9.14. The highest BCUT2D eigenvalue weighted by Gasteiger charge is 2.07. The smallest absolute Gasteiger partial charge is 0.271 e. The Morgan fingerprint density at radius 3 is 2.93 bits per heavy atom. The van der Waals surface area contributed by atoms with Crippen LogP contribution in [0.4, 0.5) is 11.4 Å². The summed E-state index contributed by atoms with van der Waals surface area (Å²) in [6.07, 6.45) is 5.14. The van der Waals surface area contributed by atoms with E-state index in [1.54, 1.807) is 24.1 Å². The second-order valence-corrected chi connectivity index (χ2v) is 2.84. The molecule has 0 spiro atoms. The molecular formula is C10H10N2O2. The van der Waals surface area contributed by atoms with Crippen molar-refractivity contribution in [2.75, 3.05) is 18.5 Å². The molecule has 0 radical (unpaired) electrons. The van der Waals surface area contributed by atoms with Crippen molar-refractivity contribution in [1.82, 2.24) is 0 Å². The maximum absolute atomic E-state index is 10.5. The van der Waals surface area contributed by atoms with Gasteiger partial charge in [-0.3, -0.25) is 10.1 Å². The number of benzene rings is 1. The highest BCUT2D eigenvalue weighted by atomic mass is 16.6. The zero-order valence-electron chi connectivity index (χ0n) is 7.80. The summed E-state index contributed by atoms with van der Waals surface area (Å²) in [6, 6.07) is 6.37. The highest BCUT2D eigenvalue weighted by Crippen LogP contribution is 2.19. The molecule has 0 saturated carbocycles. The number of hydrogen-bond donors (Lipinski definition) is 0. The van der Waals surface area contributed by atoms with Crippen LogP contribution in [-0.4, -0.2) is 18.5 Å². The van der Waals surface area contributed by atoms with E-state index in [0.717, 1.165) is 5.69 Å². The van der Waals surface area contributed by atoms with Crippen LogP contribution in [0, 0.1) is 22.5 Å². The van der Waals surface area contributed by atoms with E-state index in [9.17, 15) is 10.1 Å². The molecule has 0 saturated heterocycles. The fraction of sp³-hybridized carbons (Fsp3) is 0.200. The van der Waals surface area contributed by atoms with Crippen LogP contribution in [0.15, 0.2) is 24.3 Å². The number of anilines is 1. The molecule has 0 heterocycles. The summed E-state index contributed by atoms with van der Waals surface area (Å²) in [5.41, 5.74) is 0.823. The molecule has 4 nitrogen and oxygen atoms in total. The van der Waals surface area contributed by atoms with Crippen molar-refractivity contribution in [3.05, 3.63) is 34.4 Å². The highest BCUT2D eigenvalue weighted by molar-refractivity contribution is 5.53. The molecule has 0 atom stereocenters. The van der Waals surface area contributed by atoms with Crippen LogP contribution < -0.4 is 4.90 Å². The maximum atomic E-state index is 10.5. The lowest BCUT2D eigenvalue weighted by molar-refractivity contribution is -0.384. The summed E-state index contributed by atoms with van der Waals surface area (Å²) < 4.78 is 0. The fourth-order valence-corrected chi connectivity index (χ4v) is 1.07. The number of nitro groups is 1. The maximum Gasteiger partial charge on any atom is 0.271 e. The molecule has 0 aliphatic carbocycles. The molecule has 14 heavy (non-hydrogen) atoms. The van der Waals surface area contributed by atoms with Crippen molar-refractivity contribution in [2.24, 2.45) is 0 Å². The SMILES string of the molecule is C#CCN(C)c1cccc([N+](=O)[O-])c1. The largest absolute Gasteiger partial charge is 0.363 e. The third kappa shape index (κ3) is 2.23. The van der Waals surface area contributed by atoms with Gasteiger partial charge in [0, 0.05) is 24.9 Å². The molecule has 0 fully saturated rings. The van der Waals surface area contributed by atoms with Crippen molar-refractivity contribution < 1.29 is 4.92 Å². The quantitative estimate of drug-likeness (QED) is 0.413. The monoisotopic (exact) mass is 190 g/mol. The van der Waals surface area contributed by atoms with Gasteiger partial charge in [0.25, 0.3) is 5.69 Å². The lowest BCUT2D eigenvalue weighted by atomic mass is 10.2. The van der Waals surface area contributed by atoms with Gasteiger partial charge in [-0.25, -0.2) is 0 Å². The summed E-state index contributed by atoms with van der Waals surface area (Å²) in [5, 5.41) is 10.5. The number of terminal acetylenes is 1. The summed E-state index contributed by atoms with van der Waals surface area (Å²) in [7, 11) is 1.79. The molecule has 0 bridgehead atoms. The molecule has 4 heteroatoms. The van der Waals surface area contributed by atoms with E-state index in [-0.39, 0.29) is 5.69 Å². The van der Waals surface area contributed by atoms with Gasteiger partial charge in [-0.1, -0.05) is 12.0 Å². The summed E-state index contributed by atoms with van der Waals surface area (Å²) in [6.45, 7) is 0.432. The van der Waals surface area contributed by atoms with Crippen LogP contribution >= 0.6 is 0 Å². The summed E-state index contributed by atoms with van der Waals surface area (Å²) in [4.78, 5) is 11.8. The molecular weight excluding hydrogens is 180 g/mol. The molecule has 1 rings (SSSR count). The van der Waals surface area contributed by atoms with Crippen LogP contribution in [0.1, 0.15) is 0 Å². The van der Waals surface area contributed by atoms with Crippen LogP contribution in [0.5, 0.6) is 0 Å². The van der Waals surface area contributed by atoms with Gasteiger partial charge < -0.3 is 4.90 Å². The molecule has 0 aliphatic heterocycles. The molecule has 0 aliphatic rings. The van der Waals surface area contributed by atoms with Gasteiger partial charge in [0.2, 0.25) is 0 Å². The third-order valence-corrected chi connectivity index (χ3v) is 1.81. The number of non-ortho nitro benzene ring substituents is 1. The van der Waals surface area contributed by atoms with Crippen LogP contribution in [0.2, 0.25) is 0 Å².